The molecule has 8 nitrogen and oxygen atoms in total. The summed E-state index contributed by atoms with van der Waals surface area (Å²) in [6, 6.07) is 12.8. The molecule has 0 aromatic heterocycles. The quantitative estimate of drug-likeness (QED) is 0.457. The van der Waals surface area contributed by atoms with Gasteiger partial charge in [-0.3, -0.25) is 0 Å². The maximum Gasteiger partial charge on any atom is 0.338 e. The van der Waals surface area contributed by atoms with Crippen molar-refractivity contribution < 1.29 is 19.1 Å². The molecule has 3 rings (SSSR count). The zero-order valence-corrected chi connectivity index (χ0v) is 20.5. The molecule has 1 unspecified atom stereocenters. The number of halogens is 1. The molecular weight excluding hydrogens is 488 g/mol. The van der Waals surface area contributed by atoms with Gasteiger partial charge >= 0.3 is 18.0 Å². The third kappa shape index (κ3) is 5.92. The van der Waals surface area contributed by atoms with Gasteiger partial charge in [-0.1, -0.05) is 38.1 Å². The minimum atomic E-state index is -0.707. The van der Waals surface area contributed by atoms with Gasteiger partial charge in [0.15, 0.2) is 0 Å². The Morgan fingerprint density at radius 1 is 1.15 bits per heavy atom. The number of para-hydroxylation sites is 1. The second-order valence-corrected chi connectivity index (χ2v) is 8.97. The number of carbonyl (C=O) groups is 3. The molecule has 1 heterocycles. The van der Waals surface area contributed by atoms with Crippen LogP contribution in [0.3, 0.4) is 0 Å². The molecule has 0 aliphatic carbocycles. The number of hydrogen-bond donors (Lipinski definition) is 3. The molecule has 33 heavy (non-hydrogen) atoms. The third-order valence-corrected chi connectivity index (χ3v) is 5.81. The van der Waals surface area contributed by atoms with Crippen LogP contribution in [0.4, 0.5) is 21.0 Å². The number of hydrogen-bond acceptors (Lipinski definition) is 4. The molecule has 0 radical (unpaired) electrons. The molecule has 2 aromatic carbocycles. The lowest BCUT2D eigenvalue weighted by Gasteiger charge is -2.33. The van der Waals surface area contributed by atoms with Crippen LogP contribution in [0, 0.1) is 5.92 Å². The predicted molar refractivity (Wildman–Crippen MR) is 131 cm³/mol. The number of rotatable bonds is 6. The van der Waals surface area contributed by atoms with Gasteiger partial charge in [-0.25, -0.2) is 14.4 Å². The van der Waals surface area contributed by atoms with Crippen molar-refractivity contribution in [1.82, 2.24) is 10.2 Å². The lowest BCUT2D eigenvalue weighted by atomic mass is 9.94. The van der Waals surface area contributed by atoms with E-state index in [9.17, 15) is 14.4 Å². The number of allylic oxidation sites excluding steroid dienone is 1. The topological polar surface area (TPSA) is 99.8 Å². The molecule has 0 spiro atoms. The van der Waals surface area contributed by atoms with E-state index in [0.29, 0.717) is 28.2 Å². The molecule has 0 bridgehead atoms. The molecule has 1 atom stereocenters. The Bertz CT molecular complexity index is 1100. The fourth-order valence-corrected chi connectivity index (χ4v) is 3.70. The highest BCUT2D eigenvalue weighted by Gasteiger charge is 2.35. The number of nitrogens with zero attached hydrogens (tertiary/aromatic N) is 1. The van der Waals surface area contributed by atoms with Crippen LogP contribution in [0.25, 0.3) is 0 Å². The third-order valence-electron chi connectivity index (χ3n) is 5.12. The normalized spacial score (nSPS) is 15.9. The van der Waals surface area contributed by atoms with E-state index in [-0.39, 0.29) is 18.6 Å². The largest absolute Gasteiger partial charge is 0.462 e. The van der Waals surface area contributed by atoms with Crippen LogP contribution in [-0.2, 0) is 9.53 Å². The summed E-state index contributed by atoms with van der Waals surface area (Å²) in [7, 11) is 1.60. The summed E-state index contributed by atoms with van der Waals surface area (Å²) in [5.41, 5.74) is 2.65. The van der Waals surface area contributed by atoms with Gasteiger partial charge in [0.2, 0.25) is 0 Å². The van der Waals surface area contributed by atoms with E-state index in [0.717, 1.165) is 4.47 Å². The fourth-order valence-electron chi connectivity index (χ4n) is 3.31. The molecule has 1 aliphatic rings. The predicted octanol–water partition coefficient (Wildman–Crippen LogP) is 5.26. The molecule has 0 fully saturated rings. The van der Waals surface area contributed by atoms with Crippen molar-refractivity contribution in [2.45, 2.75) is 26.8 Å². The second-order valence-electron chi connectivity index (χ2n) is 8.12. The van der Waals surface area contributed by atoms with Gasteiger partial charge in [-0.15, -0.1) is 0 Å². The number of amides is 4. The van der Waals surface area contributed by atoms with Gasteiger partial charge in [-0.05, 0) is 58.6 Å². The lowest BCUT2D eigenvalue weighted by molar-refractivity contribution is -0.140. The fraction of sp³-hybridized carbons (Fsp3) is 0.292. The minimum absolute atomic E-state index is 0.180. The van der Waals surface area contributed by atoms with Crippen molar-refractivity contribution in [2.24, 2.45) is 5.92 Å². The summed E-state index contributed by atoms with van der Waals surface area (Å²) in [6.45, 7) is 5.89. The van der Waals surface area contributed by atoms with E-state index in [4.69, 9.17) is 4.74 Å². The van der Waals surface area contributed by atoms with Crippen molar-refractivity contribution in [3.05, 3.63) is 69.8 Å². The maximum absolute atomic E-state index is 12.9. The van der Waals surface area contributed by atoms with Crippen LogP contribution in [0.2, 0.25) is 0 Å². The molecule has 9 heteroatoms. The van der Waals surface area contributed by atoms with Gasteiger partial charge in [0, 0.05) is 22.9 Å². The summed E-state index contributed by atoms with van der Waals surface area (Å²) in [6.07, 6.45) is 0. The number of nitrogens with one attached hydrogen (secondary N) is 3. The number of esters is 1. The van der Waals surface area contributed by atoms with E-state index < -0.39 is 18.0 Å². The Hall–Kier alpha value is -3.33. The summed E-state index contributed by atoms with van der Waals surface area (Å²) in [5, 5.41) is 8.41. The van der Waals surface area contributed by atoms with Crippen LogP contribution < -0.4 is 16.0 Å². The summed E-state index contributed by atoms with van der Waals surface area (Å²) < 4.78 is 6.22. The van der Waals surface area contributed by atoms with Gasteiger partial charge in [-0.2, -0.15) is 0 Å². The zero-order valence-electron chi connectivity index (χ0n) is 18.9. The molecule has 4 amide bonds. The monoisotopic (exact) mass is 514 g/mol. The molecule has 1 aliphatic heterocycles. The maximum atomic E-state index is 12.9. The number of urea groups is 2. The lowest BCUT2D eigenvalue weighted by Crippen LogP contribution is -2.46. The van der Waals surface area contributed by atoms with Crippen LogP contribution in [0.5, 0.6) is 0 Å². The van der Waals surface area contributed by atoms with Crippen LogP contribution in [0.1, 0.15) is 32.4 Å². The zero-order chi connectivity index (χ0) is 24.1. The van der Waals surface area contributed by atoms with Crippen molar-refractivity contribution in [3.8, 4) is 0 Å². The molecule has 2 aromatic rings. The Morgan fingerprint density at radius 3 is 2.58 bits per heavy atom. The van der Waals surface area contributed by atoms with Crippen LogP contribution >= 0.6 is 15.9 Å². The first-order valence-corrected chi connectivity index (χ1v) is 11.3. The SMILES string of the molecule is CC1=C(C(=O)OCC(C)C)C(c2cccc(NC(=O)Nc3ccccc3Br)c2)NC(=O)N1C. The van der Waals surface area contributed by atoms with Crippen molar-refractivity contribution in [3.63, 3.8) is 0 Å². The van der Waals surface area contributed by atoms with Crippen molar-refractivity contribution >= 4 is 45.3 Å². The van der Waals surface area contributed by atoms with E-state index in [2.05, 4.69) is 31.9 Å². The Morgan fingerprint density at radius 2 is 1.88 bits per heavy atom. The van der Waals surface area contributed by atoms with E-state index in [1.807, 2.05) is 32.0 Å². The van der Waals surface area contributed by atoms with E-state index in [1.54, 1.807) is 44.3 Å². The van der Waals surface area contributed by atoms with Gasteiger partial charge < -0.3 is 25.6 Å². The van der Waals surface area contributed by atoms with Crippen LogP contribution in [-0.4, -0.2) is 36.6 Å². The number of ether oxygens (including phenoxy) is 1. The minimum Gasteiger partial charge on any atom is -0.462 e. The number of benzene rings is 2. The van der Waals surface area contributed by atoms with Gasteiger partial charge in [0.25, 0.3) is 0 Å². The molecule has 174 valence electrons. The van der Waals surface area contributed by atoms with Crippen LogP contribution in [0.15, 0.2) is 64.3 Å². The summed E-state index contributed by atoms with van der Waals surface area (Å²) >= 11 is 3.40. The highest BCUT2D eigenvalue weighted by Crippen LogP contribution is 2.32. The highest BCUT2D eigenvalue weighted by atomic mass is 79.9. The highest BCUT2D eigenvalue weighted by molar-refractivity contribution is 9.10. The molecule has 3 N–H and O–H groups in total. The van der Waals surface area contributed by atoms with E-state index >= 15 is 0 Å². The Balaban J connectivity index is 1.84. The first-order chi connectivity index (χ1) is 15.7. The standard InChI is InChI=1S/C24H27BrN4O4/c1-14(2)13-33-22(30)20-15(3)29(4)24(32)28-21(20)16-8-7-9-17(12-16)26-23(31)27-19-11-6-5-10-18(19)25/h5-12,14,21H,13H2,1-4H3,(H,28,32)(H2,26,27,31). The Kier molecular flexibility index (Phi) is 7.75. The number of anilines is 2. The molecule has 0 saturated heterocycles. The summed E-state index contributed by atoms with van der Waals surface area (Å²) in [4.78, 5) is 39.2. The van der Waals surface area contributed by atoms with Gasteiger partial charge in [0.1, 0.15) is 0 Å². The first-order valence-electron chi connectivity index (χ1n) is 10.5. The smallest absolute Gasteiger partial charge is 0.338 e. The average molecular weight is 515 g/mol. The molecular formula is C24H27BrN4O4. The second kappa shape index (κ2) is 10.5. The summed E-state index contributed by atoms with van der Waals surface area (Å²) in [5.74, 6) is -0.303. The number of carbonyl (C=O) groups excluding carboxylic acids is 3. The van der Waals surface area contributed by atoms with E-state index in [1.165, 1.54) is 4.90 Å². The van der Waals surface area contributed by atoms with Crippen molar-refractivity contribution in [1.29, 1.82) is 0 Å². The first kappa shape index (κ1) is 24.3. The molecule has 0 saturated carbocycles. The Labute approximate surface area is 201 Å². The van der Waals surface area contributed by atoms with Gasteiger partial charge in [0.05, 0.1) is 23.9 Å². The average Bonchev–Trinajstić information content (AvgIpc) is 2.77. The van der Waals surface area contributed by atoms with Crippen molar-refractivity contribution in [2.75, 3.05) is 24.3 Å².